The van der Waals surface area contributed by atoms with Crippen molar-refractivity contribution in [2.45, 2.75) is 68.3 Å². The molecule has 0 amide bonds. The first kappa shape index (κ1) is 29.3. The highest BCUT2D eigenvalue weighted by atomic mass is 16.7. The van der Waals surface area contributed by atoms with Gasteiger partial charge in [-0.1, -0.05) is 0 Å². The van der Waals surface area contributed by atoms with E-state index in [4.69, 9.17) is 27.8 Å². The molecule has 2 aliphatic heterocycles. The number of rotatable bonds is 5. The fraction of sp³-hybridized carbons (Fsp3) is 0.462. The summed E-state index contributed by atoms with van der Waals surface area (Å²) in [5.41, 5.74) is -3.29. The van der Waals surface area contributed by atoms with E-state index in [0.717, 1.165) is 12.1 Å². The second-order valence-corrected chi connectivity index (χ2v) is 10.4. The van der Waals surface area contributed by atoms with E-state index in [9.17, 15) is 55.5 Å². The average molecular weight is 610 g/mol. The fourth-order valence-electron chi connectivity index (χ4n) is 5.28. The molecule has 0 spiro atoms. The number of aromatic hydroxyl groups is 3. The molecule has 2 aromatic carbocycles. The minimum absolute atomic E-state index is 0.137. The molecule has 6 rings (SSSR count). The molecule has 0 unspecified atom stereocenters. The highest BCUT2D eigenvalue weighted by molar-refractivity contribution is 6.22. The van der Waals surface area contributed by atoms with Gasteiger partial charge in [0.05, 0.1) is 23.5 Å². The zero-order valence-electron chi connectivity index (χ0n) is 21.9. The zero-order chi connectivity index (χ0) is 31.1. The lowest BCUT2D eigenvalue weighted by Crippen LogP contribution is -2.61. The van der Waals surface area contributed by atoms with Crippen LogP contribution in [0.15, 0.2) is 30.6 Å². The number of ether oxygens (including phenoxy) is 4. The molecular formula is C26H26O17. The van der Waals surface area contributed by atoms with E-state index >= 15 is 0 Å². The Morgan fingerprint density at radius 2 is 1.26 bits per heavy atom. The fourth-order valence-corrected chi connectivity index (χ4v) is 5.28. The molecule has 2 aliphatic rings. The molecule has 4 aromatic rings. The smallest absolute Gasteiger partial charge is 0.344 e. The third-order valence-corrected chi connectivity index (χ3v) is 7.68. The van der Waals surface area contributed by atoms with Crippen molar-refractivity contribution in [2.75, 3.05) is 6.61 Å². The summed E-state index contributed by atoms with van der Waals surface area (Å²) < 4.78 is 32.2. The van der Waals surface area contributed by atoms with Gasteiger partial charge < -0.3 is 73.7 Å². The van der Waals surface area contributed by atoms with Gasteiger partial charge in [0.1, 0.15) is 42.7 Å². The Morgan fingerprint density at radius 3 is 1.91 bits per heavy atom. The highest BCUT2D eigenvalue weighted by Crippen LogP contribution is 2.45. The van der Waals surface area contributed by atoms with Crippen LogP contribution in [0, 0.1) is 0 Å². The summed E-state index contributed by atoms with van der Waals surface area (Å²) in [6.45, 7) is 0.826. The number of phenols is 3. The van der Waals surface area contributed by atoms with Crippen molar-refractivity contribution in [1.29, 1.82) is 0 Å². The molecule has 232 valence electrons. The van der Waals surface area contributed by atoms with Gasteiger partial charge in [-0.2, -0.15) is 0 Å². The second kappa shape index (κ2) is 10.4. The van der Waals surface area contributed by atoms with E-state index in [0.29, 0.717) is 0 Å². The third kappa shape index (κ3) is 4.53. The van der Waals surface area contributed by atoms with Gasteiger partial charge >= 0.3 is 11.3 Å². The lowest BCUT2D eigenvalue weighted by atomic mass is 9.98. The number of phenolic OH excluding ortho intramolecular Hbond substituents is 3. The van der Waals surface area contributed by atoms with Gasteiger partial charge in [0.15, 0.2) is 29.0 Å². The van der Waals surface area contributed by atoms with Crippen molar-refractivity contribution in [3.63, 3.8) is 0 Å². The number of aliphatic hydroxyl groups excluding tert-OH is 6. The van der Waals surface area contributed by atoms with Gasteiger partial charge in [-0.05, 0) is 19.1 Å². The number of benzene rings is 2. The second-order valence-electron chi connectivity index (χ2n) is 10.4. The minimum atomic E-state index is -1.94. The quantitative estimate of drug-likeness (QED) is 0.0649. The third-order valence-electron chi connectivity index (χ3n) is 7.68. The van der Waals surface area contributed by atoms with Crippen LogP contribution in [0.1, 0.15) is 6.92 Å². The molecular weight excluding hydrogens is 584 g/mol. The van der Waals surface area contributed by atoms with Crippen molar-refractivity contribution in [2.24, 2.45) is 0 Å². The maximum absolute atomic E-state index is 12.8. The van der Waals surface area contributed by atoms with Crippen molar-refractivity contribution >= 4 is 32.7 Å². The predicted molar refractivity (Wildman–Crippen MR) is 138 cm³/mol. The summed E-state index contributed by atoms with van der Waals surface area (Å²) >= 11 is 0. The lowest BCUT2D eigenvalue weighted by Gasteiger charge is -2.42. The summed E-state index contributed by atoms with van der Waals surface area (Å²) in [6, 6.07) is 1.86. The first-order valence-corrected chi connectivity index (χ1v) is 12.9. The van der Waals surface area contributed by atoms with Crippen LogP contribution in [-0.2, 0) is 14.2 Å². The maximum atomic E-state index is 12.8. The number of hydrogen-bond acceptors (Lipinski definition) is 17. The Morgan fingerprint density at radius 1 is 0.698 bits per heavy atom. The summed E-state index contributed by atoms with van der Waals surface area (Å²) in [5.74, 6) is -3.03. The maximum Gasteiger partial charge on any atom is 0.344 e. The molecule has 10 atom stereocenters. The molecule has 0 saturated carbocycles. The number of hydrogen-bond donors (Lipinski definition) is 9. The minimum Gasteiger partial charge on any atom is -0.504 e. The molecule has 0 aliphatic carbocycles. The normalized spacial score (nSPS) is 33.5. The van der Waals surface area contributed by atoms with Crippen LogP contribution >= 0.6 is 0 Å². The molecule has 2 aromatic heterocycles. The first-order chi connectivity index (χ1) is 20.3. The topological polar surface area (TPSA) is 279 Å². The van der Waals surface area contributed by atoms with Crippen LogP contribution in [0.2, 0.25) is 0 Å². The summed E-state index contributed by atoms with van der Waals surface area (Å²) in [6.07, 6.45) is -16.0. The molecule has 2 saturated heterocycles. The molecule has 4 heterocycles. The first-order valence-electron chi connectivity index (χ1n) is 12.9. The summed E-state index contributed by atoms with van der Waals surface area (Å²) in [4.78, 5) is 25.5. The molecule has 17 heteroatoms. The van der Waals surface area contributed by atoms with Crippen molar-refractivity contribution in [3.8, 4) is 23.0 Å². The Labute approximate surface area is 237 Å². The molecule has 0 bridgehead atoms. The Bertz CT molecular complexity index is 1800. The van der Waals surface area contributed by atoms with Gasteiger partial charge in [0.25, 0.3) is 0 Å². The van der Waals surface area contributed by atoms with Crippen molar-refractivity contribution < 1.29 is 73.7 Å². The standard InChI is InChI=1S/C26H26O17/c1-5-13(28)17(32)19(34)25(39-5)38-4-10-15(30)18(33)20(35)26(41-10)40-9-3-7-12-11-6(23(36)43-22(12)16(9)31)2-8(27)14(29)21(11)42-24(7)37/h2-3,5,10,13,15,17-20,25-35H,4H2,1H3/t5-,10+,13-,15+,17+,18-,19+,20+,25+,26+/m0/s1. The van der Waals surface area contributed by atoms with Gasteiger partial charge in [0.2, 0.25) is 17.8 Å². The SMILES string of the molecule is C[C@@H]1O[C@@H](OC[C@H]2O[C@@H](Oc3cc4c(=O)oc5c(O)c(O)cc6c(=O)oc(c3O)c4c56)[C@H](O)[C@@H](O)[C@@H]2O)[C@H](O)[C@H](O)[C@H]1O. The summed E-state index contributed by atoms with van der Waals surface area (Å²) in [5, 5.41) is 91.7. The largest absolute Gasteiger partial charge is 0.504 e. The van der Waals surface area contributed by atoms with Crippen LogP contribution in [0.25, 0.3) is 32.7 Å². The van der Waals surface area contributed by atoms with E-state index in [1.165, 1.54) is 6.92 Å². The van der Waals surface area contributed by atoms with Gasteiger partial charge in [-0.25, -0.2) is 9.59 Å². The van der Waals surface area contributed by atoms with E-state index in [2.05, 4.69) is 0 Å². The predicted octanol–water partition coefficient (Wildman–Crippen LogP) is -2.36. The van der Waals surface area contributed by atoms with Crippen molar-refractivity contribution in [3.05, 3.63) is 33.0 Å². The highest BCUT2D eigenvalue weighted by Gasteiger charge is 2.47. The monoisotopic (exact) mass is 610 g/mol. The van der Waals surface area contributed by atoms with Gasteiger partial charge in [-0.3, -0.25) is 0 Å². The Balaban J connectivity index is 1.32. The molecule has 2 fully saturated rings. The summed E-state index contributed by atoms with van der Waals surface area (Å²) in [7, 11) is 0. The van der Waals surface area contributed by atoms with Crippen LogP contribution < -0.4 is 16.0 Å². The zero-order valence-corrected chi connectivity index (χ0v) is 21.9. The molecule has 43 heavy (non-hydrogen) atoms. The Kier molecular flexibility index (Phi) is 7.11. The van der Waals surface area contributed by atoms with Crippen LogP contribution in [0.5, 0.6) is 23.0 Å². The molecule has 9 N–H and O–H groups in total. The van der Waals surface area contributed by atoms with E-state index in [1.54, 1.807) is 0 Å². The van der Waals surface area contributed by atoms with E-state index < -0.39 is 113 Å². The van der Waals surface area contributed by atoms with Crippen molar-refractivity contribution in [1.82, 2.24) is 0 Å². The number of aliphatic hydroxyl groups is 6. The Hall–Kier alpha value is -3.78. The van der Waals surface area contributed by atoms with E-state index in [-0.39, 0.29) is 21.5 Å². The van der Waals surface area contributed by atoms with Gasteiger partial charge in [0, 0.05) is 10.8 Å². The van der Waals surface area contributed by atoms with Crippen LogP contribution in [-0.4, -0.2) is 114 Å². The van der Waals surface area contributed by atoms with E-state index in [1.807, 2.05) is 0 Å². The lowest BCUT2D eigenvalue weighted by molar-refractivity contribution is -0.318. The average Bonchev–Trinajstić information content (AvgIpc) is 2.97. The molecule has 17 nitrogen and oxygen atoms in total. The van der Waals surface area contributed by atoms with Crippen LogP contribution in [0.3, 0.4) is 0 Å². The van der Waals surface area contributed by atoms with Gasteiger partial charge in [-0.15, -0.1) is 0 Å². The van der Waals surface area contributed by atoms with Crippen LogP contribution in [0.4, 0.5) is 0 Å². The molecule has 0 radical (unpaired) electrons.